The molecule has 0 saturated heterocycles. The number of nitrogen functional groups attached to an aromatic ring is 1. The highest BCUT2D eigenvalue weighted by Gasteiger charge is 2.21. The van der Waals surface area contributed by atoms with Crippen molar-refractivity contribution in [1.29, 1.82) is 0 Å². The second-order valence-corrected chi connectivity index (χ2v) is 6.40. The van der Waals surface area contributed by atoms with Crippen LogP contribution in [0, 0.1) is 11.6 Å². The molecule has 8 heteroatoms. The van der Waals surface area contributed by atoms with Gasteiger partial charge in [-0.25, -0.2) is 17.2 Å². The van der Waals surface area contributed by atoms with E-state index in [0.29, 0.717) is 0 Å². The van der Waals surface area contributed by atoms with Crippen LogP contribution in [0.5, 0.6) is 0 Å². The number of para-hydroxylation sites is 1. The lowest BCUT2D eigenvalue weighted by Gasteiger charge is -2.11. The van der Waals surface area contributed by atoms with Crippen LogP contribution in [0.2, 0.25) is 0 Å². The van der Waals surface area contributed by atoms with Crippen LogP contribution in [-0.4, -0.2) is 8.42 Å². The van der Waals surface area contributed by atoms with Crippen LogP contribution < -0.4 is 10.5 Å². The van der Waals surface area contributed by atoms with E-state index in [1.165, 1.54) is 18.2 Å². The monoisotopic (exact) mass is 362 g/mol. The maximum absolute atomic E-state index is 13.5. The van der Waals surface area contributed by atoms with E-state index in [9.17, 15) is 17.2 Å². The summed E-state index contributed by atoms with van der Waals surface area (Å²) in [4.78, 5) is -0.208. The number of hydrogen-bond acceptors (Lipinski definition) is 3. The van der Waals surface area contributed by atoms with E-state index in [0.717, 1.165) is 18.2 Å². The van der Waals surface area contributed by atoms with Gasteiger partial charge in [-0.1, -0.05) is 6.07 Å². The molecule has 0 aromatic heterocycles. The van der Waals surface area contributed by atoms with Gasteiger partial charge in [0, 0.05) is 10.2 Å². The van der Waals surface area contributed by atoms with Gasteiger partial charge in [0.15, 0.2) is 0 Å². The summed E-state index contributed by atoms with van der Waals surface area (Å²) in [5.74, 6) is -2.01. The zero-order chi connectivity index (χ0) is 14.9. The Labute approximate surface area is 122 Å². The average Bonchev–Trinajstić information content (AvgIpc) is 2.37. The summed E-state index contributed by atoms with van der Waals surface area (Å²) in [7, 11) is -4.17. The van der Waals surface area contributed by atoms with Crippen molar-refractivity contribution in [3.05, 3.63) is 52.5 Å². The first-order chi connectivity index (χ1) is 9.31. The van der Waals surface area contributed by atoms with Gasteiger partial charge in [0.25, 0.3) is 10.0 Å². The average molecular weight is 363 g/mol. The van der Waals surface area contributed by atoms with Crippen molar-refractivity contribution in [2.75, 3.05) is 10.5 Å². The fourth-order valence-corrected chi connectivity index (χ4v) is 3.59. The number of nitrogens with one attached hydrogen (secondary N) is 1. The van der Waals surface area contributed by atoms with E-state index < -0.39 is 27.3 Å². The molecular formula is C12H9BrF2N2O2S. The van der Waals surface area contributed by atoms with Gasteiger partial charge in [-0.2, -0.15) is 0 Å². The normalized spacial score (nSPS) is 11.3. The first-order valence-corrected chi connectivity index (χ1v) is 7.61. The Kier molecular flexibility index (Phi) is 3.96. The van der Waals surface area contributed by atoms with Gasteiger partial charge in [-0.3, -0.25) is 4.72 Å². The van der Waals surface area contributed by atoms with Crippen LogP contribution in [0.4, 0.5) is 20.2 Å². The molecule has 0 amide bonds. The summed E-state index contributed by atoms with van der Waals surface area (Å²) in [5.41, 5.74) is 4.99. The fourth-order valence-electron chi connectivity index (χ4n) is 1.51. The Morgan fingerprint density at radius 2 is 1.70 bits per heavy atom. The summed E-state index contributed by atoms with van der Waals surface area (Å²) >= 11 is 3.05. The van der Waals surface area contributed by atoms with Gasteiger partial charge in [-0.05, 0) is 46.3 Å². The quantitative estimate of drug-likeness (QED) is 0.824. The summed E-state index contributed by atoms with van der Waals surface area (Å²) in [6.07, 6.45) is 0. The van der Waals surface area contributed by atoms with Crippen molar-refractivity contribution in [3.8, 4) is 0 Å². The van der Waals surface area contributed by atoms with Crippen molar-refractivity contribution in [3.63, 3.8) is 0 Å². The van der Waals surface area contributed by atoms with Gasteiger partial charge in [0.1, 0.15) is 22.2 Å². The Bertz CT molecular complexity index is 746. The predicted molar refractivity (Wildman–Crippen MR) is 75.7 cm³/mol. The molecule has 4 nitrogen and oxygen atoms in total. The molecule has 0 aliphatic rings. The molecule has 2 rings (SSSR count). The number of anilines is 2. The van der Waals surface area contributed by atoms with Crippen LogP contribution in [0.25, 0.3) is 0 Å². The Hall–Kier alpha value is -1.67. The molecule has 106 valence electrons. The number of rotatable bonds is 3. The maximum Gasteiger partial charge on any atom is 0.263 e. The molecule has 2 aromatic carbocycles. The molecule has 0 atom stereocenters. The molecule has 0 aliphatic heterocycles. The highest BCUT2D eigenvalue weighted by Crippen LogP contribution is 2.28. The summed E-state index contributed by atoms with van der Waals surface area (Å²) in [6.45, 7) is 0. The minimum atomic E-state index is -4.17. The summed E-state index contributed by atoms with van der Waals surface area (Å²) in [5, 5.41) is 0. The smallest absolute Gasteiger partial charge is 0.263 e. The van der Waals surface area contributed by atoms with Crippen LogP contribution in [-0.2, 0) is 10.0 Å². The standard InChI is InChI=1S/C12H9BrF2N2O2S/c13-8-5-4-7(16)6-11(8)20(18,19)17-12-9(14)2-1-3-10(12)15/h1-6,17H,16H2. The van der Waals surface area contributed by atoms with Crippen LogP contribution in [0.1, 0.15) is 0 Å². The molecule has 2 aromatic rings. The van der Waals surface area contributed by atoms with E-state index in [1.807, 2.05) is 4.72 Å². The van der Waals surface area contributed by atoms with Crippen LogP contribution in [0.15, 0.2) is 45.8 Å². The largest absolute Gasteiger partial charge is 0.399 e. The first kappa shape index (κ1) is 14.7. The lowest BCUT2D eigenvalue weighted by atomic mass is 10.3. The number of sulfonamides is 1. The van der Waals surface area contributed by atoms with Gasteiger partial charge in [0.2, 0.25) is 0 Å². The van der Waals surface area contributed by atoms with E-state index in [-0.39, 0.29) is 15.1 Å². The lowest BCUT2D eigenvalue weighted by molar-refractivity contribution is 0.582. The number of halogens is 3. The van der Waals surface area contributed by atoms with Gasteiger partial charge in [-0.15, -0.1) is 0 Å². The predicted octanol–water partition coefficient (Wildman–Crippen LogP) is 3.11. The van der Waals surface area contributed by atoms with Crippen LogP contribution in [0.3, 0.4) is 0 Å². The summed E-state index contributed by atoms with van der Waals surface area (Å²) < 4.78 is 53.4. The highest BCUT2D eigenvalue weighted by atomic mass is 79.9. The zero-order valence-corrected chi connectivity index (χ0v) is 12.3. The molecule has 20 heavy (non-hydrogen) atoms. The van der Waals surface area contributed by atoms with Gasteiger partial charge < -0.3 is 5.73 Å². The van der Waals surface area contributed by atoms with E-state index in [2.05, 4.69) is 15.9 Å². The highest BCUT2D eigenvalue weighted by molar-refractivity contribution is 9.10. The number of nitrogens with two attached hydrogens (primary N) is 1. The Balaban J connectivity index is 2.49. The minimum Gasteiger partial charge on any atom is -0.399 e. The summed E-state index contributed by atoms with van der Waals surface area (Å²) in [6, 6.07) is 7.16. The second kappa shape index (κ2) is 5.37. The maximum atomic E-state index is 13.5. The van der Waals surface area contributed by atoms with Crippen LogP contribution >= 0.6 is 15.9 Å². The Morgan fingerprint density at radius 3 is 2.30 bits per heavy atom. The number of benzene rings is 2. The molecule has 0 fully saturated rings. The molecule has 0 saturated carbocycles. The second-order valence-electron chi connectivity index (χ2n) is 3.89. The van der Waals surface area contributed by atoms with E-state index in [1.54, 1.807) is 0 Å². The third-order valence-electron chi connectivity index (χ3n) is 2.44. The van der Waals surface area contributed by atoms with Crippen molar-refractivity contribution in [1.82, 2.24) is 0 Å². The van der Waals surface area contributed by atoms with Crippen molar-refractivity contribution in [2.45, 2.75) is 4.90 Å². The van der Waals surface area contributed by atoms with Gasteiger partial charge >= 0.3 is 0 Å². The number of hydrogen-bond donors (Lipinski definition) is 2. The Morgan fingerprint density at radius 1 is 1.10 bits per heavy atom. The molecule has 0 bridgehead atoms. The molecule has 0 aliphatic carbocycles. The fraction of sp³-hybridized carbons (Fsp3) is 0. The molecule has 0 spiro atoms. The molecule has 3 N–H and O–H groups in total. The van der Waals surface area contributed by atoms with Crippen molar-refractivity contribution < 1.29 is 17.2 Å². The zero-order valence-electron chi connectivity index (χ0n) is 9.90. The molecule has 0 radical (unpaired) electrons. The third-order valence-corrected chi connectivity index (χ3v) is 4.79. The molecule has 0 heterocycles. The molecular weight excluding hydrogens is 354 g/mol. The van der Waals surface area contributed by atoms with E-state index in [4.69, 9.17) is 5.73 Å². The topological polar surface area (TPSA) is 72.2 Å². The molecule has 0 unspecified atom stereocenters. The van der Waals surface area contributed by atoms with Crippen molar-refractivity contribution in [2.24, 2.45) is 0 Å². The third kappa shape index (κ3) is 2.91. The first-order valence-electron chi connectivity index (χ1n) is 5.33. The van der Waals surface area contributed by atoms with E-state index >= 15 is 0 Å². The van der Waals surface area contributed by atoms with Gasteiger partial charge in [0.05, 0.1) is 0 Å². The van der Waals surface area contributed by atoms with Crippen molar-refractivity contribution >= 4 is 37.3 Å². The lowest BCUT2D eigenvalue weighted by Crippen LogP contribution is -2.16. The SMILES string of the molecule is Nc1ccc(Br)c(S(=O)(=O)Nc2c(F)cccc2F)c1. The minimum absolute atomic E-state index is 0.208.